The molecule has 0 aliphatic heterocycles. The van der Waals surface area contributed by atoms with Gasteiger partial charge in [0.1, 0.15) is 5.69 Å². The summed E-state index contributed by atoms with van der Waals surface area (Å²) in [6.07, 6.45) is 0. The second kappa shape index (κ2) is 10.3. The quantitative estimate of drug-likeness (QED) is 0.177. The van der Waals surface area contributed by atoms with Crippen LogP contribution >= 0.6 is 0 Å². The van der Waals surface area contributed by atoms with E-state index in [4.69, 9.17) is 9.97 Å². The van der Waals surface area contributed by atoms with Crippen LogP contribution in [0.25, 0.3) is 110 Å². The summed E-state index contributed by atoms with van der Waals surface area (Å²) in [6, 6.07) is 61.0. The fourth-order valence-electron chi connectivity index (χ4n) is 8.86. The van der Waals surface area contributed by atoms with Crippen molar-refractivity contribution in [3.05, 3.63) is 170 Å². The lowest BCUT2D eigenvalue weighted by Gasteiger charge is -2.15. The van der Waals surface area contributed by atoms with E-state index in [1.54, 1.807) is 0 Å². The van der Waals surface area contributed by atoms with Gasteiger partial charge in [-0.1, -0.05) is 121 Å². The molecule has 0 amide bonds. The molecule has 0 unspecified atom stereocenters. The van der Waals surface area contributed by atoms with Crippen molar-refractivity contribution in [2.24, 2.45) is 0 Å². The maximum absolute atomic E-state index is 5.50. The van der Waals surface area contributed by atoms with Crippen LogP contribution in [-0.4, -0.2) is 19.1 Å². The Bertz CT molecular complexity index is 3400. The molecular formula is C48H28N4. The van der Waals surface area contributed by atoms with Crippen LogP contribution in [-0.2, 0) is 0 Å². The molecular weight excluding hydrogens is 633 g/mol. The summed E-state index contributed by atoms with van der Waals surface area (Å²) in [6.45, 7) is 0. The molecule has 12 rings (SSSR count). The molecule has 0 aliphatic rings. The zero-order valence-corrected chi connectivity index (χ0v) is 28.0. The summed E-state index contributed by atoms with van der Waals surface area (Å²) in [7, 11) is 0. The number of benzene rings is 9. The van der Waals surface area contributed by atoms with Crippen LogP contribution < -0.4 is 0 Å². The Morgan fingerprint density at radius 2 is 0.981 bits per heavy atom. The maximum atomic E-state index is 5.50. The molecule has 3 aromatic heterocycles. The summed E-state index contributed by atoms with van der Waals surface area (Å²) >= 11 is 0. The zero-order valence-electron chi connectivity index (χ0n) is 28.0. The Hall–Kier alpha value is -7.04. The molecule has 0 fully saturated rings. The van der Waals surface area contributed by atoms with Gasteiger partial charge < -0.3 is 4.57 Å². The predicted molar refractivity (Wildman–Crippen MR) is 217 cm³/mol. The molecule has 0 radical (unpaired) electrons. The molecule has 0 atom stereocenters. The molecule has 0 aliphatic carbocycles. The molecule has 52 heavy (non-hydrogen) atoms. The van der Waals surface area contributed by atoms with Gasteiger partial charge in [-0.25, -0.2) is 9.97 Å². The largest absolute Gasteiger partial charge is 0.309 e. The van der Waals surface area contributed by atoms with E-state index in [-0.39, 0.29) is 0 Å². The highest BCUT2D eigenvalue weighted by Crippen LogP contribution is 2.47. The fourth-order valence-corrected chi connectivity index (χ4v) is 8.86. The first-order valence-electron chi connectivity index (χ1n) is 17.8. The van der Waals surface area contributed by atoms with E-state index in [0.29, 0.717) is 0 Å². The number of para-hydroxylation sites is 4. The standard InChI is InChI=1S/C48H28N4/c1-2-14-31(15-3-1)51-40-23-11-8-18-34(40)35-26-25-30(28-42(35)51)47-48(50-39-22-10-9-21-38(39)49-47)52-41-24-12-20-37-33-17-6-7-19-36(33)44-32-16-5-4-13-29(32)27-43(52)46(44)45(37)41/h1-28H. The minimum absolute atomic E-state index is 0.824. The van der Waals surface area contributed by atoms with Gasteiger partial charge in [0.15, 0.2) is 5.82 Å². The second-order valence-electron chi connectivity index (χ2n) is 13.8. The van der Waals surface area contributed by atoms with Crippen molar-refractivity contribution in [1.29, 1.82) is 0 Å². The van der Waals surface area contributed by atoms with Gasteiger partial charge in [-0.15, -0.1) is 0 Å². The molecule has 240 valence electrons. The summed E-state index contributed by atoms with van der Waals surface area (Å²) < 4.78 is 4.74. The Labute approximate surface area is 297 Å². The van der Waals surface area contributed by atoms with Crippen molar-refractivity contribution in [3.63, 3.8) is 0 Å². The lowest BCUT2D eigenvalue weighted by Crippen LogP contribution is -2.04. The molecule has 0 spiro atoms. The van der Waals surface area contributed by atoms with Crippen LogP contribution in [0.3, 0.4) is 0 Å². The molecule has 0 saturated carbocycles. The van der Waals surface area contributed by atoms with Crippen LogP contribution in [0.4, 0.5) is 0 Å². The highest BCUT2D eigenvalue weighted by Gasteiger charge is 2.25. The number of rotatable bonds is 3. The van der Waals surface area contributed by atoms with Crippen molar-refractivity contribution in [2.75, 3.05) is 0 Å². The summed E-state index contributed by atoms with van der Waals surface area (Å²) in [5, 5.41) is 12.5. The smallest absolute Gasteiger partial charge is 0.165 e. The first-order chi connectivity index (χ1) is 25.8. The van der Waals surface area contributed by atoms with Crippen LogP contribution in [0.2, 0.25) is 0 Å². The fraction of sp³-hybridized carbons (Fsp3) is 0. The summed E-state index contributed by atoms with van der Waals surface area (Å²) in [5.41, 5.74) is 9.31. The van der Waals surface area contributed by atoms with E-state index < -0.39 is 0 Å². The second-order valence-corrected chi connectivity index (χ2v) is 13.8. The number of hydrogen-bond acceptors (Lipinski definition) is 2. The number of nitrogens with zero attached hydrogens (tertiary/aromatic N) is 4. The molecule has 0 bridgehead atoms. The van der Waals surface area contributed by atoms with Gasteiger partial charge in [0, 0.05) is 38.2 Å². The van der Waals surface area contributed by atoms with E-state index >= 15 is 0 Å². The SMILES string of the molecule is c1ccc(-n2c3ccccc3c3ccc(-c4nc5ccccc5nc4-n4c5cccc6c7ccccc7c7c8ccccc8cc4c7c65)cc32)cc1. The third-order valence-corrected chi connectivity index (χ3v) is 11.0. The highest BCUT2D eigenvalue weighted by molar-refractivity contribution is 6.39. The van der Waals surface area contributed by atoms with Gasteiger partial charge in [-0.3, -0.25) is 4.57 Å². The van der Waals surface area contributed by atoms with Gasteiger partial charge >= 0.3 is 0 Å². The first kappa shape index (κ1) is 27.7. The zero-order chi connectivity index (χ0) is 33.9. The van der Waals surface area contributed by atoms with Crippen molar-refractivity contribution < 1.29 is 0 Å². The third kappa shape index (κ3) is 3.65. The van der Waals surface area contributed by atoms with E-state index in [1.165, 1.54) is 59.4 Å². The maximum Gasteiger partial charge on any atom is 0.165 e. The van der Waals surface area contributed by atoms with E-state index in [1.807, 2.05) is 12.1 Å². The van der Waals surface area contributed by atoms with Crippen molar-refractivity contribution >= 4 is 87.0 Å². The first-order valence-corrected chi connectivity index (χ1v) is 17.8. The van der Waals surface area contributed by atoms with E-state index in [9.17, 15) is 0 Å². The lowest BCUT2D eigenvalue weighted by molar-refractivity contribution is 1.08. The topological polar surface area (TPSA) is 35.6 Å². The highest BCUT2D eigenvalue weighted by atomic mass is 15.1. The molecule has 0 N–H and O–H groups in total. The summed E-state index contributed by atoms with van der Waals surface area (Å²) in [4.78, 5) is 10.9. The molecule has 4 heteroatoms. The van der Waals surface area contributed by atoms with Crippen LogP contribution in [0.15, 0.2) is 170 Å². The van der Waals surface area contributed by atoms with Gasteiger partial charge in [0.2, 0.25) is 0 Å². The van der Waals surface area contributed by atoms with Crippen molar-refractivity contribution in [3.8, 4) is 22.8 Å². The van der Waals surface area contributed by atoms with Gasteiger partial charge in [0.25, 0.3) is 0 Å². The van der Waals surface area contributed by atoms with Crippen LogP contribution in [0, 0.1) is 0 Å². The van der Waals surface area contributed by atoms with E-state index in [2.05, 4.69) is 167 Å². The minimum atomic E-state index is 0.824. The number of hydrogen-bond donors (Lipinski definition) is 0. The average Bonchev–Trinajstić information content (AvgIpc) is 3.72. The van der Waals surface area contributed by atoms with Crippen LogP contribution in [0.1, 0.15) is 0 Å². The van der Waals surface area contributed by atoms with Gasteiger partial charge in [-0.05, 0) is 75.5 Å². The lowest BCUT2D eigenvalue weighted by atomic mass is 9.91. The number of aromatic nitrogens is 4. The molecule has 9 aromatic carbocycles. The number of fused-ring (bicyclic) bond motifs is 9. The van der Waals surface area contributed by atoms with Crippen LogP contribution in [0.5, 0.6) is 0 Å². The van der Waals surface area contributed by atoms with Gasteiger partial charge in [0.05, 0.1) is 33.1 Å². The predicted octanol–water partition coefficient (Wildman–Crippen LogP) is 12.4. The minimum Gasteiger partial charge on any atom is -0.309 e. The Balaban J connectivity index is 1.25. The Kier molecular flexibility index (Phi) is 5.47. The normalized spacial score (nSPS) is 12.2. The van der Waals surface area contributed by atoms with Crippen molar-refractivity contribution in [1.82, 2.24) is 19.1 Å². The third-order valence-electron chi connectivity index (χ3n) is 11.0. The molecule has 3 heterocycles. The van der Waals surface area contributed by atoms with E-state index in [0.717, 1.165) is 50.3 Å². The summed E-state index contributed by atoms with van der Waals surface area (Å²) in [5.74, 6) is 0.824. The van der Waals surface area contributed by atoms with Crippen molar-refractivity contribution in [2.45, 2.75) is 0 Å². The Morgan fingerprint density at radius 3 is 1.85 bits per heavy atom. The average molecular weight is 661 g/mol. The monoisotopic (exact) mass is 660 g/mol. The molecule has 0 saturated heterocycles. The molecule has 4 nitrogen and oxygen atoms in total. The molecule has 12 aromatic rings. The van der Waals surface area contributed by atoms with Gasteiger partial charge in [-0.2, -0.15) is 0 Å². The Morgan fingerprint density at radius 1 is 0.346 bits per heavy atom.